The molecule has 12 unspecified atom stereocenters. The summed E-state index contributed by atoms with van der Waals surface area (Å²) < 4.78 is 0. The lowest BCUT2D eigenvalue weighted by Crippen LogP contribution is -2.65. The molecule has 5 nitrogen and oxygen atoms in total. The Morgan fingerprint density at radius 3 is 2.24 bits per heavy atom. The van der Waals surface area contributed by atoms with Crippen molar-refractivity contribution in [1.29, 1.82) is 0 Å². The average molecular weight is 465 g/mol. The number of carbonyl (C=O) groups is 1. The lowest BCUT2D eigenvalue weighted by molar-refractivity contribution is -0.233. The van der Waals surface area contributed by atoms with Gasteiger partial charge in [-0.15, -0.1) is 0 Å². The fraction of sp³-hybridized carbons (Fsp3) is 0.964. The van der Waals surface area contributed by atoms with Crippen molar-refractivity contribution in [2.45, 2.75) is 111 Å². The highest BCUT2D eigenvalue weighted by atomic mass is 16.4. The monoisotopic (exact) mass is 464 g/mol. The Hall–Kier alpha value is -0.650. The van der Waals surface area contributed by atoms with Crippen molar-refractivity contribution in [3.05, 3.63) is 0 Å². The van der Waals surface area contributed by atoms with Gasteiger partial charge in [-0.1, -0.05) is 41.5 Å². The Labute approximate surface area is 200 Å². The van der Waals surface area contributed by atoms with E-state index in [1.54, 1.807) is 0 Å². The van der Waals surface area contributed by atoms with Gasteiger partial charge in [-0.2, -0.15) is 0 Å². The van der Waals surface area contributed by atoms with Gasteiger partial charge in [0.25, 0.3) is 0 Å². The summed E-state index contributed by atoms with van der Waals surface area (Å²) in [5.74, 6) is 1.12. The molecule has 0 amide bonds. The molecule has 0 heterocycles. The standard InChI is InChI=1S/C28H48O5/c1-15(7-10-24(32)33)18-8-9-19-25-20(14-23(31)28(18,19)6)27(5)16(12-21(25)30)11-17(29)13-22(27)26(2,3)4/h15-23,25,29-31H,7-14H2,1-6H3,(H,32,33). The molecule has 0 aromatic heterocycles. The molecule has 5 heteroatoms. The first-order valence-electron chi connectivity index (χ1n) is 13.5. The molecule has 190 valence electrons. The summed E-state index contributed by atoms with van der Waals surface area (Å²) in [5, 5.41) is 43.2. The zero-order chi connectivity index (χ0) is 24.5. The third-order valence-corrected chi connectivity index (χ3v) is 11.5. The molecule has 4 rings (SSSR count). The minimum atomic E-state index is -0.750. The summed E-state index contributed by atoms with van der Waals surface area (Å²) in [4.78, 5) is 11.2. The first kappa shape index (κ1) is 25.4. The van der Waals surface area contributed by atoms with Crippen LogP contribution in [0.2, 0.25) is 0 Å². The Balaban J connectivity index is 1.69. The molecule has 33 heavy (non-hydrogen) atoms. The summed E-state index contributed by atoms with van der Waals surface area (Å²) >= 11 is 0. The van der Waals surface area contributed by atoms with Gasteiger partial charge < -0.3 is 20.4 Å². The molecular weight excluding hydrogens is 416 g/mol. The highest BCUT2D eigenvalue weighted by Crippen LogP contribution is 2.70. The first-order chi connectivity index (χ1) is 15.2. The highest BCUT2D eigenvalue weighted by molar-refractivity contribution is 5.66. The largest absolute Gasteiger partial charge is 0.481 e. The maximum atomic E-state index is 11.8. The topological polar surface area (TPSA) is 98.0 Å². The number of aliphatic hydroxyl groups excluding tert-OH is 3. The smallest absolute Gasteiger partial charge is 0.303 e. The van der Waals surface area contributed by atoms with E-state index in [2.05, 4.69) is 41.5 Å². The molecule has 4 N–H and O–H groups in total. The highest BCUT2D eigenvalue weighted by Gasteiger charge is 2.68. The summed E-state index contributed by atoms with van der Waals surface area (Å²) in [6.07, 6.45) is 4.76. The lowest BCUT2D eigenvalue weighted by Gasteiger charge is -2.67. The minimum Gasteiger partial charge on any atom is -0.481 e. The quantitative estimate of drug-likeness (QED) is 0.483. The molecule has 0 radical (unpaired) electrons. The van der Waals surface area contributed by atoms with Crippen molar-refractivity contribution in [2.75, 3.05) is 0 Å². The van der Waals surface area contributed by atoms with Crippen LogP contribution in [-0.4, -0.2) is 44.7 Å². The average Bonchev–Trinajstić information content (AvgIpc) is 3.05. The van der Waals surface area contributed by atoms with E-state index in [0.717, 1.165) is 32.1 Å². The van der Waals surface area contributed by atoms with Crippen LogP contribution < -0.4 is 0 Å². The normalized spacial score (nSPS) is 50.8. The van der Waals surface area contributed by atoms with Gasteiger partial charge in [0.2, 0.25) is 0 Å². The van der Waals surface area contributed by atoms with Crippen LogP contribution in [0.5, 0.6) is 0 Å². The van der Waals surface area contributed by atoms with Crippen molar-refractivity contribution < 1.29 is 25.2 Å². The van der Waals surface area contributed by atoms with Gasteiger partial charge in [-0.05, 0) is 103 Å². The zero-order valence-electron chi connectivity index (χ0n) is 21.6. The molecule has 4 fully saturated rings. The third-order valence-electron chi connectivity index (χ3n) is 11.5. The van der Waals surface area contributed by atoms with Crippen LogP contribution in [-0.2, 0) is 4.79 Å². The second kappa shape index (κ2) is 8.48. The van der Waals surface area contributed by atoms with Crippen LogP contribution in [0.1, 0.15) is 92.9 Å². The predicted octanol–water partition coefficient (Wildman–Crippen LogP) is 4.72. The van der Waals surface area contributed by atoms with Gasteiger partial charge >= 0.3 is 5.97 Å². The molecule has 0 bridgehead atoms. The van der Waals surface area contributed by atoms with Crippen LogP contribution in [0.3, 0.4) is 0 Å². The number of aliphatic hydroxyl groups is 3. The van der Waals surface area contributed by atoms with Gasteiger partial charge in [-0.3, -0.25) is 4.79 Å². The molecule has 0 aromatic carbocycles. The van der Waals surface area contributed by atoms with E-state index >= 15 is 0 Å². The molecule has 0 spiro atoms. The summed E-state index contributed by atoms with van der Waals surface area (Å²) in [6, 6.07) is 0. The van der Waals surface area contributed by atoms with Gasteiger partial charge in [0.05, 0.1) is 18.3 Å². The van der Waals surface area contributed by atoms with E-state index in [1.165, 1.54) is 0 Å². The zero-order valence-corrected chi connectivity index (χ0v) is 21.6. The Bertz CT molecular complexity index is 745. The van der Waals surface area contributed by atoms with Crippen LogP contribution >= 0.6 is 0 Å². The van der Waals surface area contributed by atoms with Crippen molar-refractivity contribution in [2.24, 2.45) is 57.7 Å². The second-order valence-corrected chi connectivity index (χ2v) is 13.9. The van der Waals surface area contributed by atoms with Crippen molar-refractivity contribution in [3.63, 3.8) is 0 Å². The van der Waals surface area contributed by atoms with E-state index < -0.39 is 12.1 Å². The van der Waals surface area contributed by atoms with Crippen molar-refractivity contribution in [3.8, 4) is 0 Å². The first-order valence-corrected chi connectivity index (χ1v) is 13.5. The van der Waals surface area contributed by atoms with E-state index in [9.17, 15) is 25.2 Å². The Morgan fingerprint density at radius 1 is 0.970 bits per heavy atom. The maximum absolute atomic E-state index is 11.8. The number of carboxylic acid groups (broad SMARTS) is 1. The predicted molar refractivity (Wildman–Crippen MR) is 128 cm³/mol. The van der Waals surface area contributed by atoms with Crippen LogP contribution in [0.4, 0.5) is 0 Å². The third kappa shape index (κ3) is 3.89. The SMILES string of the molecule is CC(CCC(=O)O)C1CCC2C3C(O)CC4CC(O)CC(C(C)(C)C)C4(C)C3CC(O)C12C. The fourth-order valence-electron chi connectivity index (χ4n) is 10.1. The van der Waals surface area contributed by atoms with E-state index in [0.29, 0.717) is 24.7 Å². The maximum Gasteiger partial charge on any atom is 0.303 e. The van der Waals surface area contributed by atoms with Crippen LogP contribution in [0.25, 0.3) is 0 Å². The number of rotatable bonds is 4. The van der Waals surface area contributed by atoms with E-state index in [4.69, 9.17) is 0 Å². The number of hydrogen-bond acceptors (Lipinski definition) is 4. The van der Waals surface area contributed by atoms with E-state index in [1.807, 2.05) is 0 Å². The number of hydrogen-bond donors (Lipinski definition) is 4. The Kier molecular flexibility index (Phi) is 6.54. The van der Waals surface area contributed by atoms with Gasteiger partial charge in [0.15, 0.2) is 0 Å². The summed E-state index contributed by atoms with van der Waals surface area (Å²) in [5.41, 5.74) is -0.220. The van der Waals surface area contributed by atoms with Gasteiger partial charge in [0, 0.05) is 6.42 Å². The molecule has 12 atom stereocenters. The van der Waals surface area contributed by atoms with Gasteiger partial charge in [-0.25, -0.2) is 0 Å². The van der Waals surface area contributed by atoms with E-state index in [-0.39, 0.29) is 64.5 Å². The fourth-order valence-corrected chi connectivity index (χ4v) is 10.1. The van der Waals surface area contributed by atoms with Crippen LogP contribution in [0, 0.1) is 57.7 Å². The number of carboxylic acids is 1. The molecule has 4 saturated carbocycles. The summed E-state index contributed by atoms with van der Waals surface area (Å²) in [6.45, 7) is 13.7. The molecular formula is C28H48O5. The van der Waals surface area contributed by atoms with Crippen molar-refractivity contribution >= 4 is 5.97 Å². The van der Waals surface area contributed by atoms with Gasteiger partial charge in [0.1, 0.15) is 0 Å². The molecule has 4 aliphatic rings. The molecule has 0 saturated heterocycles. The van der Waals surface area contributed by atoms with Crippen molar-refractivity contribution in [1.82, 2.24) is 0 Å². The lowest BCUT2D eigenvalue weighted by atomic mass is 9.39. The Morgan fingerprint density at radius 2 is 1.64 bits per heavy atom. The molecule has 0 aliphatic heterocycles. The second-order valence-electron chi connectivity index (χ2n) is 13.9. The number of fused-ring (bicyclic) bond motifs is 5. The molecule has 4 aliphatic carbocycles. The summed E-state index contributed by atoms with van der Waals surface area (Å²) in [7, 11) is 0. The van der Waals surface area contributed by atoms with Crippen LogP contribution in [0.15, 0.2) is 0 Å². The minimum absolute atomic E-state index is 0.00328. The number of aliphatic carboxylic acids is 1. The molecule has 0 aromatic rings.